The van der Waals surface area contributed by atoms with E-state index in [1.54, 1.807) is 54.0 Å². The number of hydrogen-bond donors (Lipinski definition) is 3. The van der Waals surface area contributed by atoms with Crippen LogP contribution in [0.3, 0.4) is 0 Å². The van der Waals surface area contributed by atoms with Gasteiger partial charge in [0.1, 0.15) is 0 Å². The van der Waals surface area contributed by atoms with Crippen molar-refractivity contribution in [3.8, 4) is 0 Å². The molecule has 2 amide bonds. The fourth-order valence-corrected chi connectivity index (χ4v) is 3.10. The molecule has 2 aromatic heterocycles. The van der Waals surface area contributed by atoms with Gasteiger partial charge in [-0.05, 0) is 43.5 Å². The predicted molar refractivity (Wildman–Crippen MR) is 125 cm³/mol. The van der Waals surface area contributed by atoms with Crippen LogP contribution in [-0.2, 0) is 4.79 Å². The topological polar surface area (TPSA) is 113 Å². The summed E-state index contributed by atoms with van der Waals surface area (Å²) in [7, 11) is 0. The summed E-state index contributed by atoms with van der Waals surface area (Å²) in [5.41, 5.74) is 1.05. The number of unbranched alkanes of at least 4 members (excludes halogenated alkanes) is 2. The summed E-state index contributed by atoms with van der Waals surface area (Å²) in [5.74, 6) is 0.631. The minimum Gasteiger partial charge on any atom is -0.355 e. The number of amides is 2. The number of para-hydroxylation sites is 1. The average molecular weight is 452 g/mol. The second-order valence-electron chi connectivity index (χ2n) is 6.77. The Morgan fingerprint density at radius 2 is 1.34 bits per heavy atom. The van der Waals surface area contributed by atoms with Crippen molar-refractivity contribution in [2.24, 2.45) is 0 Å². The number of carbonyl (C=O) groups is 2. The maximum atomic E-state index is 13.0. The molecule has 0 aliphatic heterocycles. The summed E-state index contributed by atoms with van der Waals surface area (Å²) in [5, 5.41) is 5.74. The molecule has 1 aromatic carbocycles. The fourth-order valence-electron chi connectivity index (χ4n) is 2.99. The Hall–Kier alpha value is -3.53. The fraction of sp³-hybridized carbons (Fsp3) is 0.273. The Morgan fingerprint density at radius 3 is 1.94 bits per heavy atom. The number of anilines is 3. The first-order chi connectivity index (χ1) is 15.7. The molecule has 9 nitrogen and oxygen atoms in total. The van der Waals surface area contributed by atoms with Crippen molar-refractivity contribution < 1.29 is 9.59 Å². The highest BCUT2D eigenvalue weighted by Gasteiger charge is 2.22. The van der Waals surface area contributed by atoms with Gasteiger partial charge in [0.05, 0.1) is 17.0 Å². The molecule has 0 fully saturated rings. The van der Waals surface area contributed by atoms with Crippen molar-refractivity contribution in [2.45, 2.75) is 19.3 Å². The molecule has 32 heavy (non-hydrogen) atoms. The van der Waals surface area contributed by atoms with Crippen LogP contribution in [0.4, 0.5) is 17.6 Å². The predicted octanol–water partition coefficient (Wildman–Crippen LogP) is 2.68. The molecule has 2 heterocycles. The SMILES string of the molecule is O=C(CS)NCCCCCNC(=O)c1ccccc1N(c1ncccn1)c1ncccn1. The summed E-state index contributed by atoms with van der Waals surface area (Å²) in [6.07, 6.45) is 9.03. The van der Waals surface area contributed by atoms with Crippen molar-refractivity contribution >= 4 is 42.0 Å². The lowest BCUT2D eigenvalue weighted by Gasteiger charge is -2.22. The summed E-state index contributed by atoms with van der Waals surface area (Å²) < 4.78 is 0. The molecule has 0 aliphatic rings. The standard InChI is InChI=1S/C22H25N7O2S/c30-19(16-32)23-10-4-1-5-11-24-20(31)17-8-2-3-9-18(17)29(21-25-12-6-13-26-21)22-27-14-7-15-28-22/h2-3,6-9,12-15,32H,1,4-5,10-11,16H2,(H,23,30)(H,24,31). The van der Waals surface area contributed by atoms with Gasteiger partial charge in [0.15, 0.2) is 0 Å². The number of nitrogens with zero attached hydrogens (tertiary/aromatic N) is 5. The zero-order chi connectivity index (χ0) is 22.6. The van der Waals surface area contributed by atoms with E-state index in [1.807, 2.05) is 12.1 Å². The first-order valence-electron chi connectivity index (χ1n) is 10.3. The number of hydrogen-bond acceptors (Lipinski definition) is 8. The third-order valence-corrected chi connectivity index (χ3v) is 4.79. The molecule has 0 bridgehead atoms. The monoisotopic (exact) mass is 451 g/mol. The lowest BCUT2D eigenvalue weighted by molar-refractivity contribution is -0.118. The van der Waals surface area contributed by atoms with E-state index < -0.39 is 0 Å². The highest BCUT2D eigenvalue weighted by atomic mass is 32.1. The van der Waals surface area contributed by atoms with E-state index in [4.69, 9.17) is 0 Å². The smallest absolute Gasteiger partial charge is 0.253 e. The number of thiol groups is 1. The van der Waals surface area contributed by atoms with E-state index in [-0.39, 0.29) is 17.6 Å². The summed E-state index contributed by atoms with van der Waals surface area (Å²) >= 11 is 3.92. The van der Waals surface area contributed by atoms with E-state index in [1.165, 1.54) is 0 Å². The van der Waals surface area contributed by atoms with Crippen molar-refractivity contribution in [2.75, 3.05) is 23.7 Å². The number of benzene rings is 1. The lowest BCUT2D eigenvalue weighted by atomic mass is 10.1. The summed E-state index contributed by atoms with van der Waals surface area (Å²) in [4.78, 5) is 43.1. The molecular formula is C22H25N7O2S. The van der Waals surface area contributed by atoms with Gasteiger partial charge in [0.2, 0.25) is 17.8 Å². The molecule has 0 aliphatic carbocycles. The molecule has 2 N–H and O–H groups in total. The van der Waals surface area contributed by atoms with Gasteiger partial charge in [0, 0.05) is 37.9 Å². The van der Waals surface area contributed by atoms with Crippen molar-refractivity contribution in [3.05, 3.63) is 66.7 Å². The van der Waals surface area contributed by atoms with Gasteiger partial charge < -0.3 is 10.6 Å². The quantitative estimate of drug-likeness (QED) is 0.303. The zero-order valence-electron chi connectivity index (χ0n) is 17.5. The Labute approximate surface area is 192 Å². The Kier molecular flexibility index (Phi) is 8.93. The van der Waals surface area contributed by atoms with Crippen LogP contribution in [0.2, 0.25) is 0 Å². The van der Waals surface area contributed by atoms with Crippen LogP contribution in [0.1, 0.15) is 29.6 Å². The third kappa shape index (κ3) is 6.48. The van der Waals surface area contributed by atoms with Crippen LogP contribution in [0.5, 0.6) is 0 Å². The Balaban J connectivity index is 1.68. The molecule has 0 spiro atoms. The van der Waals surface area contributed by atoms with Crippen LogP contribution < -0.4 is 15.5 Å². The molecule has 166 valence electrons. The Morgan fingerprint density at radius 1 is 0.781 bits per heavy atom. The van der Waals surface area contributed by atoms with Crippen molar-refractivity contribution in [3.63, 3.8) is 0 Å². The normalized spacial score (nSPS) is 10.4. The van der Waals surface area contributed by atoms with E-state index in [0.29, 0.717) is 36.2 Å². The first-order valence-corrected chi connectivity index (χ1v) is 10.9. The van der Waals surface area contributed by atoms with Crippen LogP contribution in [0, 0.1) is 0 Å². The molecule has 3 aromatic rings. The van der Waals surface area contributed by atoms with Crippen LogP contribution in [-0.4, -0.2) is 50.6 Å². The second-order valence-corrected chi connectivity index (χ2v) is 7.09. The van der Waals surface area contributed by atoms with Gasteiger partial charge in [-0.2, -0.15) is 12.6 Å². The van der Waals surface area contributed by atoms with E-state index in [9.17, 15) is 9.59 Å². The van der Waals surface area contributed by atoms with Gasteiger partial charge in [0.25, 0.3) is 5.91 Å². The van der Waals surface area contributed by atoms with Gasteiger partial charge in [-0.25, -0.2) is 24.8 Å². The number of aromatic nitrogens is 4. The van der Waals surface area contributed by atoms with Gasteiger partial charge >= 0.3 is 0 Å². The molecule has 3 rings (SSSR count). The highest BCUT2D eigenvalue weighted by Crippen LogP contribution is 2.31. The minimum atomic E-state index is -0.208. The van der Waals surface area contributed by atoms with E-state index in [0.717, 1.165) is 19.3 Å². The summed E-state index contributed by atoms with van der Waals surface area (Å²) in [6, 6.07) is 10.6. The molecule has 0 atom stereocenters. The average Bonchev–Trinajstić information content (AvgIpc) is 2.85. The van der Waals surface area contributed by atoms with Gasteiger partial charge in [-0.1, -0.05) is 12.1 Å². The van der Waals surface area contributed by atoms with E-state index >= 15 is 0 Å². The zero-order valence-corrected chi connectivity index (χ0v) is 18.4. The van der Waals surface area contributed by atoms with Crippen LogP contribution >= 0.6 is 12.6 Å². The first kappa shape index (κ1) is 23.1. The largest absolute Gasteiger partial charge is 0.355 e. The Bertz CT molecular complexity index is 966. The molecule has 10 heteroatoms. The molecule has 0 saturated carbocycles. The highest BCUT2D eigenvalue weighted by molar-refractivity contribution is 7.81. The second kappa shape index (κ2) is 12.4. The molecular weight excluding hydrogens is 426 g/mol. The minimum absolute atomic E-state index is 0.0763. The molecule has 0 saturated heterocycles. The molecule has 0 unspecified atom stereocenters. The van der Waals surface area contributed by atoms with E-state index in [2.05, 4.69) is 43.2 Å². The van der Waals surface area contributed by atoms with Crippen LogP contribution in [0.25, 0.3) is 0 Å². The van der Waals surface area contributed by atoms with Crippen LogP contribution in [0.15, 0.2) is 61.2 Å². The number of nitrogens with one attached hydrogen (secondary N) is 2. The number of rotatable bonds is 11. The van der Waals surface area contributed by atoms with Gasteiger partial charge in [-0.3, -0.25) is 9.59 Å². The van der Waals surface area contributed by atoms with Gasteiger partial charge in [-0.15, -0.1) is 0 Å². The third-order valence-electron chi connectivity index (χ3n) is 4.50. The summed E-state index contributed by atoms with van der Waals surface area (Å²) in [6.45, 7) is 1.14. The number of carbonyl (C=O) groups excluding carboxylic acids is 2. The molecule has 0 radical (unpaired) electrons. The maximum absolute atomic E-state index is 13.0. The maximum Gasteiger partial charge on any atom is 0.253 e. The lowest BCUT2D eigenvalue weighted by Crippen LogP contribution is -2.28. The van der Waals surface area contributed by atoms with Crippen molar-refractivity contribution in [1.82, 2.24) is 30.6 Å². The van der Waals surface area contributed by atoms with Crippen molar-refractivity contribution in [1.29, 1.82) is 0 Å².